The van der Waals surface area contributed by atoms with E-state index in [1.165, 1.54) is 0 Å². The third-order valence-corrected chi connectivity index (χ3v) is 5.26. The summed E-state index contributed by atoms with van der Waals surface area (Å²) < 4.78 is 11.1. The number of anilines is 1. The summed E-state index contributed by atoms with van der Waals surface area (Å²) in [5.41, 5.74) is 0.813. The number of aromatic nitrogens is 2. The van der Waals surface area contributed by atoms with Crippen LogP contribution in [0.3, 0.4) is 0 Å². The molecule has 0 aliphatic carbocycles. The van der Waals surface area contributed by atoms with E-state index < -0.39 is 0 Å². The summed E-state index contributed by atoms with van der Waals surface area (Å²) in [4.78, 5) is 25.4. The van der Waals surface area contributed by atoms with Gasteiger partial charge in [-0.3, -0.25) is 9.69 Å². The number of hydrogen-bond donors (Lipinski definition) is 1. The number of piperazine rings is 1. The minimum Gasteiger partial charge on any atom is -0.486 e. The molecule has 0 saturated carbocycles. The summed E-state index contributed by atoms with van der Waals surface area (Å²) in [5.74, 6) is 1.90. The third kappa shape index (κ3) is 5.07. The zero-order valence-corrected chi connectivity index (χ0v) is 16.9. The molecule has 8 nitrogen and oxygen atoms in total. The number of halogens is 1. The number of nitrogens with zero attached hydrogens (tertiary/aromatic N) is 4. The van der Waals surface area contributed by atoms with E-state index in [9.17, 15) is 4.79 Å². The fraction of sp³-hybridized carbons (Fsp3) is 0.450. The minimum absolute atomic E-state index is 0.0333. The molecule has 3 heterocycles. The van der Waals surface area contributed by atoms with E-state index in [1.54, 1.807) is 18.5 Å². The van der Waals surface area contributed by atoms with Crippen LogP contribution in [0, 0.1) is 0 Å². The van der Waals surface area contributed by atoms with Crippen LogP contribution in [0.15, 0.2) is 30.6 Å². The Morgan fingerprint density at radius 3 is 2.66 bits per heavy atom. The van der Waals surface area contributed by atoms with E-state index in [2.05, 4.69) is 25.1 Å². The predicted octanol–water partition coefficient (Wildman–Crippen LogP) is 1.38. The lowest BCUT2D eigenvalue weighted by Gasteiger charge is -2.34. The average Bonchev–Trinajstić information content (AvgIpc) is 2.75. The van der Waals surface area contributed by atoms with Gasteiger partial charge in [0.05, 0.1) is 11.4 Å². The lowest BCUT2D eigenvalue weighted by molar-refractivity contribution is -0.120. The summed E-state index contributed by atoms with van der Waals surface area (Å²) in [6.07, 6.45) is 3.79. The van der Waals surface area contributed by atoms with E-state index in [1.807, 2.05) is 12.1 Å². The van der Waals surface area contributed by atoms with Crippen LogP contribution in [0.1, 0.15) is 5.56 Å². The second kappa shape index (κ2) is 9.28. The number of hydrogen-bond acceptors (Lipinski definition) is 7. The summed E-state index contributed by atoms with van der Waals surface area (Å²) >= 11 is 6.24. The Morgan fingerprint density at radius 1 is 1.10 bits per heavy atom. The maximum absolute atomic E-state index is 12.3. The van der Waals surface area contributed by atoms with Gasteiger partial charge in [0.2, 0.25) is 11.9 Å². The first-order valence-electron chi connectivity index (χ1n) is 9.78. The SMILES string of the molecule is O=C(Cc1cc(Cl)c2c(c1)OCCO2)NCCN1CCN(c2ncccn2)CC1. The number of fused-ring (bicyclic) bond motifs is 1. The van der Waals surface area contributed by atoms with Crippen LogP contribution in [0.4, 0.5) is 5.95 Å². The summed E-state index contributed by atoms with van der Waals surface area (Å²) in [6.45, 7) is 6.01. The van der Waals surface area contributed by atoms with Gasteiger partial charge in [0.1, 0.15) is 13.2 Å². The van der Waals surface area contributed by atoms with Crippen LogP contribution in [0.5, 0.6) is 11.5 Å². The maximum Gasteiger partial charge on any atom is 0.225 e. The van der Waals surface area contributed by atoms with Crippen LogP contribution >= 0.6 is 11.6 Å². The van der Waals surface area contributed by atoms with Gasteiger partial charge in [0.15, 0.2) is 11.5 Å². The highest BCUT2D eigenvalue weighted by Crippen LogP contribution is 2.38. The number of ether oxygens (including phenoxy) is 2. The standard InChI is InChI=1S/C20H24ClN5O3/c21-16-12-15(13-17-19(16)29-11-10-28-17)14-18(27)22-4-5-25-6-8-26(9-7-25)20-23-2-1-3-24-20/h1-3,12-13H,4-11,14H2,(H,22,27). The highest BCUT2D eigenvalue weighted by atomic mass is 35.5. The van der Waals surface area contributed by atoms with Gasteiger partial charge in [0, 0.05) is 51.7 Å². The number of carbonyl (C=O) groups is 1. The summed E-state index contributed by atoms with van der Waals surface area (Å²) in [7, 11) is 0. The lowest BCUT2D eigenvalue weighted by Crippen LogP contribution is -2.49. The largest absolute Gasteiger partial charge is 0.486 e. The molecule has 1 aromatic carbocycles. The van der Waals surface area contributed by atoms with Crippen molar-refractivity contribution in [3.63, 3.8) is 0 Å². The molecule has 1 aromatic heterocycles. The van der Waals surface area contributed by atoms with Crippen molar-refractivity contribution in [1.29, 1.82) is 0 Å². The molecule has 29 heavy (non-hydrogen) atoms. The highest BCUT2D eigenvalue weighted by molar-refractivity contribution is 6.32. The zero-order chi connectivity index (χ0) is 20.1. The van der Waals surface area contributed by atoms with Crippen LogP contribution in [-0.2, 0) is 11.2 Å². The van der Waals surface area contributed by atoms with Crippen LogP contribution in [0.2, 0.25) is 5.02 Å². The van der Waals surface area contributed by atoms with Gasteiger partial charge in [-0.05, 0) is 23.8 Å². The third-order valence-electron chi connectivity index (χ3n) is 4.98. The second-order valence-electron chi connectivity index (χ2n) is 7.01. The lowest BCUT2D eigenvalue weighted by atomic mass is 10.1. The first-order chi connectivity index (χ1) is 14.2. The zero-order valence-electron chi connectivity index (χ0n) is 16.1. The molecule has 2 aliphatic rings. The van der Waals surface area contributed by atoms with Gasteiger partial charge >= 0.3 is 0 Å². The Balaban J connectivity index is 1.20. The smallest absolute Gasteiger partial charge is 0.225 e. The molecule has 1 amide bonds. The Bertz CT molecular complexity index is 844. The van der Waals surface area contributed by atoms with Gasteiger partial charge in [0.25, 0.3) is 0 Å². The van der Waals surface area contributed by atoms with Crippen molar-refractivity contribution in [2.45, 2.75) is 6.42 Å². The van der Waals surface area contributed by atoms with E-state index in [4.69, 9.17) is 21.1 Å². The van der Waals surface area contributed by atoms with Crippen molar-refractivity contribution >= 4 is 23.5 Å². The summed E-state index contributed by atoms with van der Waals surface area (Å²) in [5, 5.41) is 3.46. The molecule has 9 heteroatoms. The average molecular weight is 418 g/mol. The van der Waals surface area contributed by atoms with Crippen LogP contribution < -0.4 is 19.7 Å². The molecule has 0 atom stereocenters. The molecule has 0 spiro atoms. The topological polar surface area (TPSA) is 79.8 Å². The first-order valence-corrected chi connectivity index (χ1v) is 10.2. The quantitative estimate of drug-likeness (QED) is 0.760. The molecule has 154 valence electrons. The minimum atomic E-state index is -0.0333. The summed E-state index contributed by atoms with van der Waals surface area (Å²) in [6, 6.07) is 5.41. The monoisotopic (exact) mass is 417 g/mol. The number of nitrogens with one attached hydrogen (secondary N) is 1. The van der Waals surface area contributed by atoms with Crippen molar-refractivity contribution in [1.82, 2.24) is 20.2 Å². The van der Waals surface area contributed by atoms with Crippen molar-refractivity contribution in [2.75, 3.05) is 57.4 Å². The molecule has 2 aliphatic heterocycles. The molecule has 0 unspecified atom stereocenters. The maximum atomic E-state index is 12.3. The number of carbonyl (C=O) groups excluding carboxylic acids is 1. The van der Waals surface area contributed by atoms with Crippen LogP contribution in [0.25, 0.3) is 0 Å². The molecule has 2 aromatic rings. The Kier molecular flexibility index (Phi) is 6.31. The predicted molar refractivity (Wildman–Crippen MR) is 110 cm³/mol. The normalized spacial score (nSPS) is 16.5. The van der Waals surface area contributed by atoms with Crippen molar-refractivity contribution in [3.8, 4) is 11.5 Å². The fourth-order valence-corrected chi connectivity index (χ4v) is 3.78. The van der Waals surface area contributed by atoms with Crippen molar-refractivity contribution in [3.05, 3.63) is 41.2 Å². The number of amides is 1. The Labute approximate surface area is 174 Å². The molecule has 1 saturated heterocycles. The Morgan fingerprint density at radius 2 is 1.86 bits per heavy atom. The number of rotatable bonds is 6. The second-order valence-corrected chi connectivity index (χ2v) is 7.41. The van der Waals surface area contributed by atoms with Gasteiger partial charge < -0.3 is 19.7 Å². The van der Waals surface area contributed by atoms with Gasteiger partial charge in [-0.1, -0.05) is 11.6 Å². The van der Waals surface area contributed by atoms with Gasteiger partial charge in [-0.25, -0.2) is 9.97 Å². The van der Waals surface area contributed by atoms with E-state index >= 15 is 0 Å². The van der Waals surface area contributed by atoms with E-state index in [0.29, 0.717) is 36.3 Å². The highest BCUT2D eigenvalue weighted by Gasteiger charge is 2.19. The first kappa shape index (κ1) is 19.7. The molecule has 1 fully saturated rings. The molecular weight excluding hydrogens is 394 g/mol. The molecule has 0 radical (unpaired) electrons. The molecule has 4 rings (SSSR count). The molecule has 0 bridgehead atoms. The Hall–Kier alpha value is -2.58. The van der Waals surface area contributed by atoms with Crippen LogP contribution in [-0.4, -0.2) is 73.3 Å². The number of benzene rings is 1. The fourth-order valence-electron chi connectivity index (χ4n) is 3.49. The van der Waals surface area contributed by atoms with Crippen molar-refractivity contribution < 1.29 is 14.3 Å². The van der Waals surface area contributed by atoms with Gasteiger partial charge in [-0.15, -0.1) is 0 Å². The molecular formula is C20H24ClN5O3. The van der Waals surface area contributed by atoms with E-state index in [0.717, 1.165) is 44.2 Å². The molecule has 1 N–H and O–H groups in total. The van der Waals surface area contributed by atoms with Gasteiger partial charge in [-0.2, -0.15) is 0 Å². The van der Waals surface area contributed by atoms with E-state index in [-0.39, 0.29) is 12.3 Å². The van der Waals surface area contributed by atoms with Crippen molar-refractivity contribution in [2.24, 2.45) is 0 Å².